The molecule has 3 aromatic carbocycles. The maximum atomic E-state index is 13.7. The minimum Gasteiger partial charge on any atom is -0.462 e. The molecule has 3 N–H and O–H groups in total. The summed E-state index contributed by atoms with van der Waals surface area (Å²) < 4.78 is 11.5. The smallest absolute Gasteiger partial charge is 0.407 e. The molecule has 0 radical (unpaired) electrons. The molecule has 0 aromatic heterocycles. The molecule has 3 amide bonds. The number of fused-ring (bicyclic) bond motifs is 3. The summed E-state index contributed by atoms with van der Waals surface area (Å²) in [5.74, 6) is -1.83. The van der Waals surface area contributed by atoms with Gasteiger partial charge in [0.2, 0.25) is 11.8 Å². The van der Waals surface area contributed by atoms with E-state index >= 15 is 0 Å². The van der Waals surface area contributed by atoms with Crippen molar-refractivity contribution in [3.63, 3.8) is 0 Å². The molecule has 3 aliphatic rings. The fourth-order valence-electron chi connectivity index (χ4n) is 7.29. The molecule has 2 aliphatic heterocycles. The van der Waals surface area contributed by atoms with Gasteiger partial charge in [0.25, 0.3) is 0 Å². The van der Waals surface area contributed by atoms with Gasteiger partial charge in [-0.2, -0.15) is 0 Å². The second-order valence-electron chi connectivity index (χ2n) is 13.3. The van der Waals surface area contributed by atoms with E-state index in [4.69, 9.17) is 9.47 Å². The average molecular weight is 680 g/mol. The van der Waals surface area contributed by atoms with Crippen LogP contribution in [0, 0.1) is 5.92 Å². The number of rotatable bonds is 8. The first kappa shape index (κ1) is 34.9. The molecule has 6 rings (SSSR count). The molecule has 50 heavy (non-hydrogen) atoms. The van der Waals surface area contributed by atoms with Crippen LogP contribution in [0.25, 0.3) is 11.1 Å². The second kappa shape index (κ2) is 16.6. The predicted octanol–water partition coefficient (Wildman–Crippen LogP) is 4.89. The van der Waals surface area contributed by atoms with Gasteiger partial charge >= 0.3 is 12.1 Å². The number of aliphatic hydroxyl groups excluding tert-OH is 1. The molecule has 1 aliphatic carbocycles. The largest absolute Gasteiger partial charge is 0.462 e. The number of amides is 3. The summed E-state index contributed by atoms with van der Waals surface area (Å²) in [5, 5.41) is 15.5. The van der Waals surface area contributed by atoms with Gasteiger partial charge in [-0.3, -0.25) is 9.59 Å². The topological polar surface area (TPSA) is 134 Å². The second-order valence-corrected chi connectivity index (χ2v) is 13.3. The fraction of sp³-hybridized carbons (Fsp3) is 0.400. The number of hydrogen-bond acceptors (Lipinski definition) is 7. The molecule has 10 nitrogen and oxygen atoms in total. The van der Waals surface area contributed by atoms with Crippen LogP contribution < -0.4 is 10.6 Å². The van der Waals surface area contributed by atoms with E-state index in [1.54, 1.807) is 4.90 Å². The zero-order valence-electron chi connectivity index (χ0n) is 28.2. The van der Waals surface area contributed by atoms with Crippen molar-refractivity contribution in [3.05, 3.63) is 108 Å². The van der Waals surface area contributed by atoms with Crippen molar-refractivity contribution < 1.29 is 33.8 Å². The Kier molecular flexibility index (Phi) is 11.6. The van der Waals surface area contributed by atoms with E-state index in [2.05, 4.69) is 22.8 Å². The standard InChI is InChI=1S/C40H45N3O7/c44-24-30-15-11-21-43(30)37(45)23-28-14-5-2-6-20-36(39(47)49-25-29(41-38(28)46)22-27-12-3-1-4-13-27)42-40(48)50-26-35-33-18-9-7-16-31(33)32-17-8-10-19-34(32)35/h1-5,7-10,12-13,16-19,28-30,35-36,44H,6,11,14-15,20-26H2,(H,41,46)(H,42,48). The first-order valence-corrected chi connectivity index (χ1v) is 17.6. The number of nitrogens with zero attached hydrogens (tertiary/aromatic N) is 1. The highest BCUT2D eigenvalue weighted by Crippen LogP contribution is 2.44. The van der Waals surface area contributed by atoms with E-state index in [9.17, 15) is 24.3 Å². The monoisotopic (exact) mass is 679 g/mol. The molecular formula is C40H45N3O7. The van der Waals surface area contributed by atoms with Gasteiger partial charge in [0.05, 0.1) is 24.6 Å². The minimum atomic E-state index is -0.966. The number of aliphatic hydroxyl groups is 1. The molecule has 0 bridgehead atoms. The summed E-state index contributed by atoms with van der Waals surface area (Å²) in [6.07, 6.45) is 6.00. The van der Waals surface area contributed by atoms with E-state index in [1.807, 2.05) is 78.9 Å². The van der Waals surface area contributed by atoms with Gasteiger partial charge in [-0.1, -0.05) is 91.0 Å². The fourth-order valence-corrected chi connectivity index (χ4v) is 7.29. The van der Waals surface area contributed by atoms with Gasteiger partial charge in [-0.05, 0) is 66.3 Å². The van der Waals surface area contributed by atoms with Crippen molar-refractivity contribution in [1.82, 2.24) is 15.5 Å². The van der Waals surface area contributed by atoms with Crippen LogP contribution in [-0.2, 0) is 30.3 Å². The number of ether oxygens (including phenoxy) is 2. The summed E-state index contributed by atoms with van der Waals surface area (Å²) in [7, 11) is 0. The van der Waals surface area contributed by atoms with Gasteiger partial charge in [-0.15, -0.1) is 0 Å². The summed E-state index contributed by atoms with van der Waals surface area (Å²) >= 11 is 0. The highest BCUT2D eigenvalue weighted by atomic mass is 16.6. The van der Waals surface area contributed by atoms with Gasteiger partial charge < -0.3 is 30.1 Å². The Balaban J connectivity index is 1.13. The zero-order valence-corrected chi connectivity index (χ0v) is 28.2. The molecule has 0 spiro atoms. The number of benzene rings is 3. The van der Waals surface area contributed by atoms with Gasteiger partial charge in [0, 0.05) is 18.9 Å². The molecule has 0 saturated carbocycles. The van der Waals surface area contributed by atoms with E-state index in [0.717, 1.165) is 40.7 Å². The van der Waals surface area contributed by atoms with Crippen molar-refractivity contribution in [3.8, 4) is 11.1 Å². The van der Waals surface area contributed by atoms with Crippen LogP contribution in [0.15, 0.2) is 91.0 Å². The summed E-state index contributed by atoms with van der Waals surface area (Å²) in [4.78, 5) is 55.2. The van der Waals surface area contributed by atoms with Crippen LogP contribution >= 0.6 is 0 Å². The molecule has 2 heterocycles. The Hall–Kier alpha value is -4.96. The third-order valence-corrected chi connectivity index (χ3v) is 9.93. The number of hydrogen-bond donors (Lipinski definition) is 3. The van der Waals surface area contributed by atoms with E-state index < -0.39 is 30.1 Å². The van der Waals surface area contributed by atoms with Crippen molar-refractivity contribution in [2.24, 2.45) is 5.92 Å². The Morgan fingerprint density at radius 1 is 0.920 bits per heavy atom. The lowest BCUT2D eigenvalue weighted by Gasteiger charge is -2.26. The first-order valence-electron chi connectivity index (χ1n) is 17.6. The Morgan fingerprint density at radius 2 is 1.62 bits per heavy atom. The third-order valence-electron chi connectivity index (χ3n) is 9.93. The van der Waals surface area contributed by atoms with Crippen molar-refractivity contribution in [2.45, 2.75) is 69.0 Å². The molecule has 3 aromatic rings. The van der Waals surface area contributed by atoms with Crippen molar-refractivity contribution in [2.75, 3.05) is 26.4 Å². The number of esters is 1. The summed E-state index contributed by atoms with van der Waals surface area (Å²) in [6, 6.07) is 24.0. The molecule has 4 unspecified atom stereocenters. The molecular weight excluding hydrogens is 634 g/mol. The Morgan fingerprint density at radius 3 is 2.34 bits per heavy atom. The predicted molar refractivity (Wildman–Crippen MR) is 188 cm³/mol. The number of likely N-dealkylation sites (tertiary alicyclic amines) is 1. The van der Waals surface area contributed by atoms with Gasteiger partial charge in [0.1, 0.15) is 19.3 Å². The first-order chi connectivity index (χ1) is 24.4. The number of carbonyl (C=O) groups excluding carboxylic acids is 4. The number of carbonyl (C=O) groups is 4. The lowest BCUT2D eigenvalue weighted by molar-refractivity contribution is -0.147. The lowest BCUT2D eigenvalue weighted by atomic mass is 9.97. The number of cyclic esters (lactones) is 1. The lowest BCUT2D eigenvalue weighted by Crippen LogP contribution is -2.47. The van der Waals surface area contributed by atoms with Gasteiger partial charge in [0.15, 0.2) is 0 Å². The van der Waals surface area contributed by atoms with Crippen LogP contribution in [0.5, 0.6) is 0 Å². The third kappa shape index (κ3) is 8.42. The van der Waals surface area contributed by atoms with Gasteiger partial charge in [-0.25, -0.2) is 9.59 Å². The Labute approximate surface area is 292 Å². The maximum absolute atomic E-state index is 13.7. The molecule has 262 valence electrons. The molecule has 4 atom stereocenters. The van der Waals surface area contributed by atoms with E-state index in [0.29, 0.717) is 25.8 Å². The van der Waals surface area contributed by atoms with E-state index in [1.165, 1.54) is 0 Å². The zero-order chi connectivity index (χ0) is 34.9. The quantitative estimate of drug-likeness (QED) is 0.228. The average Bonchev–Trinajstić information content (AvgIpc) is 3.75. The number of nitrogens with one attached hydrogen (secondary N) is 2. The van der Waals surface area contributed by atoms with Crippen LogP contribution in [0.2, 0.25) is 0 Å². The molecule has 1 saturated heterocycles. The summed E-state index contributed by atoms with van der Waals surface area (Å²) in [5.41, 5.74) is 5.37. The molecule has 1 fully saturated rings. The van der Waals surface area contributed by atoms with Crippen LogP contribution in [0.4, 0.5) is 4.79 Å². The number of allylic oxidation sites excluding steroid dienone is 2. The minimum absolute atomic E-state index is 0.0104. The maximum Gasteiger partial charge on any atom is 0.407 e. The van der Waals surface area contributed by atoms with Crippen LogP contribution in [-0.4, -0.2) is 78.4 Å². The highest BCUT2D eigenvalue weighted by Gasteiger charge is 2.33. The van der Waals surface area contributed by atoms with Crippen molar-refractivity contribution >= 4 is 23.9 Å². The van der Waals surface area contributed by atoms with Crippen LogP contribution in [0.3, 0.4) is 0 Å². The molecule has 10 heteroatoms. The number of alkyl carbamates (subject to hydrolysis) is 1. The SMILES string of the molecule is O=C(NC1CCC=CCC(CC(=O)N2CCCC2CO)C(=O)NC(Cc2ccccc2)COC1=O)OCC1c2ccccc2-c2ccccc21. The van der Waals surface area contributed by atoms with Crippen molar-refractivity contribution in [1.29, 1.82) is 0 Å². The highest BCUT2D eigenvalue weighted by molar-refractivity contribution is 5.86. The summed E-state index contributed by atoms with van der Waals surface area (Å²) in [6.45, 7) is 0.468. The van der Waals surface area contributed by atoms with Crippen LogP contribution in [0.1, 0.15) is 61.1 Å². The van der Waals surface area contributed by atoms with E-state index in [-0.39, 0.29) is 56.4 Å². The Bertz CT molecular complexity index is 1650. The normalized spacial score (nSPS) is 22.6.